The molecular weight excluding hydrogens is 408 g/mol. The Hall–Kier alpha value is -3.17. The highest BCUT2D eigenvalue weighted by Crippen LogP contribution is 2.51. The van der Waals surface area contributed by atoms with Crippen molar-refractivity contribution in [2.45, 2.75) is 0 Å². The van der Waals surface area contributed by atoms with Gasteiger partial charge in [-0.05, 0) is 41.1 Å². The van der Waals surface area contributed by atoms with Gasteiger partial charge in [0.25, 0.3) is 0 Å². The molecule has 0 saturated carbocycles. The average Bonchev–Trinajstić information content (AvgIpc) is 2.74. The normalized spacial score (nSPS) is 12.4. The Morgan fingerprint density at radius 1 is 0.607 bits per heavy atom. The number of fused-ring (bicyclic) bond motifs is 3. The van der Waals surface area contributed by atoms with Crippen LogP contribution in [0.4, 0.5) is 17.1 Å². The first-order chi connectivity index (χ1) is 13.8. The van der Waals surface area contributed by atoms with Gasteiger partial charge in [-0.3, -0.25) is 4.98 Å². The molecule has 0 aliphatic carbocycles. The second-order valence-electron chi connectivity index (χ2n) is 7.00. The first-order valence-electron chi connectivity index (χ1n) is 9.27. The SMILES string of the molecule is Brc1cccc2cccc(N3c4cccnc4-c4cccc5cccc3c45)c12. The van der Waals surface area contributed by atoms with E-state index in [0.717, 1.165) is 21.5 Å². The maximum Gasteiger partial charge on any atom is 0.0949 e. The standard InChI is InChI=1S/C25H15BrN2/c26-19-11-2-7-17-9-4-13-21(24(17)19)28-20-12-3-8-16-6-1-10-18(23(16)20)25-22(28)14-5-15-27-25/h1-15H. The van der Waals surface area contributed by atoms with Gasteiger partial charge in [-0.25, -0.2) is 0 Å². The largest absolute Gasteiger partial charge is 0.307 e. The Labute approximate surface area is 171 Å². The lowest BCUT2D eigenvalue weighted by atomic mass is 9.93. The molecule has 1 aliphatic heterocycles. The highest BCUT2D eigenvalue weighted by molar-refractivity contribution is 9.10. The molecule has 0 unspecified atom stereocenters. The van der Waals surface area contributed by atoms with E-state index in [1.165, 1.54) is 32.8 Å². The maximum atomic E-state index is 4.77. The summed E-state index contributed by atoms with van der Waals surface area (Å²) < 4.78 is 1.09. The molecule has 0 fully saturated rings. The van der Waals surface area contributed by atoms with Crippen molar-refractivity contribution < 1.29 is 0 Å². The summed E-state index contributed by atoms with van der Waals surface area (Å²) in [7, 11) is 0. The first kappa shape index (κ1) is 15.8. The quantitative estimate of drug-likeness (QED) is 0.271. The summed E-state index contributed by atoms with van der Waals surface area (Å²) in [5, 5.41) is 4.90. The molecule has 132 valence electrons. The van der Waals surface area contributed by atoms with Gasteiger partial charge in [0, 0.05) is 27.0 Å². The van der Waals surface area contributed by atoms with Crippen molar-refractivity contribution in [3.8, 4) is 11.3 Å². The molecule has 0 radical (unpaired) electrons. The Bertz CT molecular complexity index is 1380. The molecule has 2 nitrogen and oxygen atoms in total. The lowest BCUT2D eigenvalue weighted by molar-refractivity contribution is 1.23. The molecule has 0 amide bonds. The molecule has 0 bridgehead atoms. The third-order valence-electron chi connectivity index (χ3n) is 5.48. The van der Waals surface area contributed by atoms with E-state index in [1.807, 2.05) is 12.3 Å². The number of rotatable bonds is 1. The van der Waals surface area contributed by atoms with E-state index in [4.69, 9.17) is 4.98 Å². The lowest BCUT2D eigenvalue weighted by Crippen LogP contribution is -2.16. The fraction of sp³-hybridized carbons (Fsp3) is 0. The number of anilines is 3. The molecule has 0 atom stereocenters. The van der Waals surface area contributed by atoms with Gasteiger partial charge in [-0.2, -0.15) is 0 Å². The number of aromatic nitrogens is 1. The maximum absolute atomic E-state index is 4.77. The van der Waals surface area contributed by atoms with E-state index in [1.54, 1.807) is 0 Å². The predicted octanol–water partition coefficient (Wildman–Crippen LogP) is 7.60. The minimum absolute atomic E-state index is 1.02. The van der Waals surface area contributed by atoms with Crippen LogP contribution in [0.1, 0.15) is 0 Å². The zero-order chi connectivity index (χ0) is 18.7. The molecule has 0 saturated heterocycles. The zero-order valence-electron chi connectivity index (χ0n) is 14.9. The van der Waals surface area contributed by atoms with E-state index in [-0.39, 0.29) is 0 Å². The van der Waals surface area contributed by atoms with Crippen molar-refractivity contribution >= 4 is 54.5 Å². The molecule has 3 heteroatoms. The molecule has 1 aromatic heterocycles. The predicted molar refractivity (Wildman–Crippen MR) is 121 cm³/mol. The third kappa shape index (κ3) is 2.11. The van der Waals surface area contributed by atoms with Crippen LogP contribution in [0.3, 0.4) is 0 Å². The number of benzene rings is 4. The minimum Gasteiger partial charge on any atom is -0.307 e. The Balaban J connectivity index is 1.80. The second-order valence-corrected chi connectivity index (χ2v) is 7.86. The Morgan fingerprint density at radius 2 is 1.21 bits per heavy atom. The van der Waals surface area contributed by atoms with E-state index in [9.17, 15) is 0 Å². The van der Waals surface area contributed by atoms with Crippen molar-refractivity contribution in [3.63, 3.8) is 0 Å². The molecule has 5 aromatic rings. The van der Waals surface area contributed by atoms with Crippen molar-refractivity contribution in [2.24, 2.45) is 0 Å². The van der Waals surface area contributed by atoms with Crippen LogP contribution in [-0.4, -0.2) is 4.98 Å². The summed E-state index contributed by atoms with van der Waals surface area (Å²) in [6, 6.07) is 30.0. The van der Waals surface area contributed by atoms with E-state index < -0.39 is 0 Å². The number of halogens is 1. The van der Waals surface area contributed by atoms with Gasteiger partial charge < -0.3 is 4.90 Å². The molecule has 6 rings (SSSR count). The van der Waals surface area contributed by atoms with Crippen LogP contribution < -0.4 is 4.90 Å². The Kier molecular flexibility index (Phi) is 3.35. The summed E-state index contributed by atoms with van der Waals surface area (Å²) in [6.45, 7) is 0. The van der Waals surface area contributed by atoms with Crippen LogP contribution in [0.25, 0.3) is 32.8 Å². The van der Waals surface area contributed by atoms with Crippen molar-refractivity contribution in [3.05, 3.63) is 95.6 Å². The highest BCUT2D eigenvalue weighted by Gasteiger charge is 2.27. The molecule has 28 heavy (non-hydrogen) atoms. The lowest BCUT2D eigenvalue weighted by Gasteiger charge is -2.33. The fourth-order valence-corrected chi connectivity index (χ4v) is 4.93. The smallest absolute Gasteiger partial charge is 0.0949 e. The number of nitrogens with zero attached hydrogens (tertiary/aromatic N) is 2. The van der Waals surface area contributed by atoms with Gasteiger partial charge >= 0.3 is 0 Å². The fourth-order valence-electron chi connectivity index (χ4n) is 4.34. The summed E-state index contributed by atoms with van der Waals surface area (Å²) >= 11 is 3.78. The van der Waals surface area contributed by atoms with Crippen LogP contribution in [0.15, 0.2) is 95.6 Å². The van der Waals surface area contributed by atoms with Gasteiger partial charge in [-0.15, -0.1) is 0 Å². The van der Waals surface area contributed by atoms with Gasteiger partial charge in [-0.1, -0.05) is 70.5 Å². The number of hydrogen-bond acceptors (Lipinski definition) is 2. The van der Waals surface area contributed by atoms with Gasteiger partial charge in [0.2, 0.25) is 0 Å². The molecule has 1 aliphatic rings. The topological polar surface area (TPSA) is 16.1 Å². The summed E-state index contributed by atoms with van der Waals surface area (Å²) in [5.74, 6) is 0. The minimum atomic E-state index is 1.02. The Morgan fingerprint density at radius 3 is 2.00 bits per heavy atom. The van der Waals surface area contributed by atoms with Crippen LogP contribution in [0.5, 0.6) is 0 Å². The van der Waals surface area contributed by atoms with Crippen molar-refractivity contribution in [1.82, 2.24) is 4.98 Å². The van der Waals surface area contributed by atoms with Gasteiger partial charge in [0.05, 0.1) is 22.8 Å². The highest BCUT2D eigenvalue weighted by atomic mass is 79.9. The van der Waals surface area contributed by atoms with E-state index >= 15 is 0 Å². The van der Waals surface area contributed by atoms with Gasteiger partial charge in [0.1, 0.15) is 0 Å². The number of hydrogen-bond donors (Lipinski definition) is 0. The summed E-state index contributed by atoms with van der Waals surface area (Å²) in [5.41, 5.74) is 5.67. The second kappa shape index (κ2) is 5.91. The molecule has 0 N–H and O–H groups in total. The average molecular weight is 423 g/mol. The van der Waals surface area contributed by atoms with E-state index in [2.05, 4.69) is 99.7 Å². The van der Waals surface area contributed by atoms with Crippen molar-refractivity contribution in [1.29, 1.82) is 0 Å². The van der Waals surface area contributed by atoms with Crippen molar-refractivity contribution in [2.75, 3.05) is 4.90 Å². The number of pyridine rings is 1. The molecule has 2 heterocycles. The summed E-state index contributed by atoms with van der Waals surface area (Å²) in [4.78, 5) is 7.12. The van der Waals surface area contributed by atoms with Crippen LogP contribution in [0, 0.1) is 0 Å². The monoisotopic (exact) mass is 422 g/mol. The van der Waals surface area contributed by atoms with Crippen LogP contribution in [-0.2, 0) is 0 Å². The third-order valence-corrected chi connectivity index (χ3v) is 6.14. The molecule has 4 aromatic carbocycles. The zero-order valence-corrected chi connectivity index (χ0v) is 16.5. The van der Waals surface area contributed by atoms with E-state index in [0.29, 0.717) is 0 Å². The van der Waals surface area contributed by atoms with Crippen LogP contribution in [0.2, 0.25) is 0 Å². The molecular formula is C25H15BrN2. The van der Waals surface area contributed by atoms with Gasteiger partial charge in [0.15, 0.2) is 0 Å². The summed E-state index contributed by atoms with van der Waals surface area (Å²) in [6.07, 6.45) is 1.88. The molecule has 0 spiro atoms. The first-order valence-corrected chi connectivity index (χ1v) is 10.1. The van der Waals surface area contributed by atoms with Crippen LogP contribution >= 0.6 is 15.9 Å².